The van der Waals surface area contributed by atoms with E-state index >= 15 is 0 Å². The molecule has 1 atom stereocenters. The second-order valence-electron chi connectivity index (χ2n) is 7.12. The number of benzene rings is 1. The first-order valence-electron chi connectivity index (χ1n) is 10.4. The number of nitrogens with one attached hydrogen (secondary N) is 3. The lowest BCUT2D eigenvalue weighted by molar-refractivity contribution is -0.114. The van der Waals surface area contributed by atoms with Crippen molar-refractivity contribution in [1.29, 1.82) is 0 Å². The molecule has 0 spiro atoms. The van der Waals surface area contributed by atoms with Crippen molar-refractivity contribution in [3.8, 4) is 12.3 Å². The van der Waals surface area contributed by atoms with Crippen molar-refractivity contribution >= 4 is 17.6 Å². The predicted octanol–water partition coefficient (Wildman–Crippen LogP) is 2.59. The molecule has 1 aromatic heterocycles. The maximum absolute atomic E-state index is 12.3. The number of anilines is 1. The fourth-order valence-corrected chi connectivity index (χ4v) is 3.52. The summed E-state index contributed by atoms with van der Waals surface area (Å²) < 4.78 is 5.66. The highest BCUT2D eigenvalue weighted by molar-refractivity contribution is 5.94. The lowest BCUT2D eigenvalue weighted by Gasteiger charge is -2.26. The van der Waals surface area contributed by atoms with E-state index in [1.54, 1.807) is 18.4 Å². The summed E-state index contributed by atoms with van der Waals surface area (Å²) >= 11 is 0. The van der Waals surface area contributed by atoms with Gasteiger partial charge in [0.1, 0.15) is 12.3 Å². The van der Waals surface area contributed by atoms with Crippen molar-refractivity contribution in [1.82, 2.24) is 15.5 Å². The van der Waals surface area contributed by atoms with E-state index in [4.69, 9.17) is 10.8 Å². The second kappa shape index (κ2) is 11.1. The first kappa shape index (κ1) is 21.5. The molecule has 30 heavy (non-hydrogen) atoms. The summed E-state index contributed by atoms with van der Waals surface area (Å²) in [5, 5.41) is 9.37. The maximum atomic E-state index is 12.3. The summed E-state index contributed by atoms with van der Waals surface area (Å²) in [7, 11) is 0. The van der Waals surface area contributed by atoms with Gasteiger partial charge < -0.3 is 20.4 Å². The number of hydrogen-bond acceptors (Lipinski definition) is 4. The number of likely N-dealkylation sites (tertiary alicyclic amines) is 1. The summed E-state index contributed by atoms with van der Waals surface area (Å²) in [5.74, 6) is 3.89. The molecule has 1 aliphatic rings. The number of guanidine groups is 1. The van der Waals surface area contributed by atoms with Gasteiger partial charge >= 0.3 is 0 Å². The van der Waals surface area contributed by atoms with Crippen LogP contribution in [-0.2, 0) is 4.79 Å². The third-order valence-electron chi connectivity index (χ3n) is 4.95. The molecule has 7 nitrogen and oxygen atoms in total. The van der Waals surface area contributed by atoms with Crippen molar-refractivity contribution in [2.24, 2.45) is 4.99 Å². The minimum absolute atomic E-state index is 0.00471. The number of furan rings is 1. The number of carbonyl (C=O) groups is 1. The molecule has 2 heterocycles. The highest BCUT2D eigenvalue weighted by atomic mass is 16.3. The van der Waals surface area contributed by atoms with Crippen LogP contribution >= 0.6 is 0 Å². The van der Waals surface area contributed by atoms with Crippen molar-refractivity contribution < 1.29 is 9.21 Å². The number of rotatable bonds is 8. The van der Waals surface area contributed by atoms with Crippen LogP contribution in [-0.4, -0.2) is 49.5 Å². The van der Waals surface area contributed by atoms with Crippen molar-refractivity contribution in [3.63, 3.8) is 0 Å². The van der Waals surface area contributed by atoms with Crippen molar-refractivity contribution in [2.75, 3.05) is 38.0 Å². The van der Waals surface area contributed by atoms with Gasteiger partial charge in [-0.1, -0.05) is 12.0 Å². The van der Waals surface area contributed by atoms with Crippen LogP contribution in [0.2, 0.25) is 0 Å². The lowest BCUT2D eigenvalue weighted by atomic mass is 10.2. The van der Waals surface area contributed by atoms with Crippen molar-refractivity contribution in [2.45, 2.75) is 25.8 Å². The number of amides is 1. The second-order valence-corrected chi connectivity index (χ2v) is 7.12. The van der Waals surface area contributed by atoms with Gasteiger partial charge in [0.15, 0.2) is 5.96 Å². The standard InChI is InChI=1S/C23H29N5O2/c1-3-18-9-7-10-19(15-18)27-22(29)17-26-23(24-4-2)25-16-20(21-11-8-14-30-21)28-12-5-6-13-28/h1,7-11,14-15,20H,4-6,12-13,16-17H2,2H3,(H,27,29)(H2,24,25,26). The van der Waals surface area contributed by atoms with E-state index < -0.39 is 0 Å². The van der Waals surface area contributed by atoms with Crippen LogP contribution in [0.15, 0.2) is 52.1 Å². The van der Waals surface area contributed by atoms with E-state index in [9.17, 15) is 4.79 Å². The van der Waals surface area contributed by atoms with Crippen LogP contribution in [0.4, 0.5) is 5.69 Å². The summed E-state index contributed by atoms with van der Waals surface area (Å²) in [6.45, 7) is 5.45. The largest absolute Gasteiger partial charge is 0.468 e. The molecule has 1 saturated heterocycles. The monoisotopic (exact) mass is 407 g/mol. The molecule has 158 valence electrons. The molecule has 0 aliphatic carbocycles. The van der Waals surface area contributed by atoms with E-state index in [0.29, 0.717) is 24.7 Å². The van der Waals surface area contributed by atoms with Crippen LogP contribution < -0.4 is 16.0 Å². The Kier molecular flexibility index (Phi) is 7.93. The summed E-state index contributed by atoms with van der Waals surface area (Å²) in [5.41, 5.74) is 1.38. The molecule has 1 aromatic carbocycles. The molecular weight excluding hydrogens is 378 g/mol. The summed E-state index contributed by atoms with van der Waals surface area (Å²) in [6.07, 6.45) is 9.52. The number of carbonyl (C=O) groups excluding carboxylic acids is 1. The van der Waals surface area contributed by atoms with Gasteiger partial charge in [-0.3, -0.25) is 9.69 Å². The predicted molar refractivity (Wildman–Crippen MR) is 119 cm³/mol. The Morgan fingerprint density at radius 3 is 2.80 bits per heavy atom. The SMILES string of the molecule is C#Cc1cccc(NC(=O)CN=C(NCC)NCC(c2ccco2)N2CCCC2)c1. The smallest absolute Gasteiger partial charge is 0.246 e. The molecule has 3 N–H and O–H groups in total. The van der Waals surface area contributed by atoms with Crippen LogP contribution in [0.25, 0.3) is 0 Å². The zero-order chi connectivity index (χ0) is 21.2. The quantitative estimate of drug-likeness (QED) is 0.356. The van der Waals surface area contributed by atoms with Crippen LogP contribution in [0.5, 0.6) is 0 Å². The number of aliphatic imine (C=N–C) groups is 1. The van der Waals surface area contributed by atoms with Gasteiger partial charge in [-0.25, -0.2) is 4.99 Å². The van der Waals surface area contributed by atoms with E-state index in [2.05, 4.69) is 31.8 Å². The van der Waals surface area contributed by atoms with Gasteiger partial charge in [-0.15, -0.1) is 6.42 Å². The first-order valence-corrected chi connectivity index (χ1v) is 10.4. The molecule has 2 aromatic rings. The number of terminal acetylenes is 1. The molecule has 1 unspecified atom stereocenters. The highest BCUT2D eigenvalue weighted by Crippen LogP contribution is 2.24. The van der Waals surface area contributed by atoms with Crippen LogP contribution in [0, 0.1) is 12.3 Å². The minimum Gasteiger partial charge on any atom is -0.468 e. The molecular formula is C23H29N5O2. The minimum atomic E-state index is -0.205. The third kappa shape index (κ3) is 6.13. The Morgan fingerprint density at radius 2 is 2.10 bits per heavy atom. The Labute approximate surface area is 177 Å². The average Bonchev–Trinajstić information content (AvgIpc) is 3.47. The summed E-state index contributed by atoms with van der Waals surface area (Å²) in [4.78, 5) is 19.1. The normalized spacial score (nSPS) is 15.4. The van der Waals surface area contributed by atoms with Gasteiger partial charge in [0.2, 0.25) is 5.91 Å². The molecule has 1 amide bonds. The van der Waals surface area contributed by atoms with Crippen LogP contribution in [0.3, 0.4) is 0 Å². The molecule has 0 radical (unpaired) electrons. The zero-order valence-electron chi connectivity index (χ0n) is 17.4. The van der Waals surface area contributed by atoms with Gasteiger partial charge in [0.05, 0.1) is 12.3 Å². The Hall–Kier alpha value is -3.24. The molecule has 0 saturated carbocycles. The highest BCUT2D eigenvalue weighted by Gasteiger charge is 2.25. The Balaban J connectivity index is 1.59. The molecule has 7 heteroatoms. The average molecular weight is 408 g/mol. The lowest BCUT2D eigenvalue weighted by Crippen LogP contribution is -2.43. The fourth-order valence-electron chi connectivity index (χ4n) is 3.52. The van der Waals surface area contributed by atoms with Gasteiger partial charge in [0.25, 0.3) is 0 Å². The molecule has 1 fully saturated rings. The van der Waals surface area contributed by atoms with Gasteiger partial charge in [-0.2, -0.15) is 0 Å². The van der Waals surface area contributed by atoms with E-state index in [0.717, 1.165) is 24.4 Å². The molecule has 0 bridgehead atoms. The van der Waals surface area contributed by atoms with E-state index in [-0.39, 0.29) is 18.5 Å². The Morgan fingerprint density at radius 1 is 1.27 bits per heavy atom. The van der Waals surface area contributed by atoms with Crippen molar-refractivity contribution in [3.05, 3.63) is 54.0 Å². The van der Waals surface area contributed by atoms with Gasteiger partial charge in [0, 0.05) is 24.3 Å². The topological polar surface area (TPSA) is 81.9 Å². The van der Waals surface area contributed by atoms with E-state index in [1.807, 2.05) is 31.2 Å². The first-order chi connectivity index (χ1) is 14.7. The zero-order valence-corrected chi connectivity index (χ0v) is 17.4. The molecule has 3 rings (SSSR count). The number of nitrogens with zero attached hydrogens (tertiary/aromatic N) is 2. The third-order valence-corrected chi connectivity index (χ3v) is 4.95. The maximum Gasteiger partial charge on any atom is 0.246 e. The fraction of sp³-hybridized carbons (Fsp3) is 0.391. The molecule has 1 aliphatic heterocycles. The summed E-state index contributed by atoms with van der Waals surface area (Å²) in [6, 6.07) is 11.2. The number of hydrogen-bond donors (Lipinski definition) is 3. The van der Waals surface area contributed by atoms with E-state index in [1.165, 1.54) is 12.8 Å². The van der Waals surface area contributed by atoms with Crippen LogP contribution in [0.1, 0.15) is 37.1 Å². The van der Waals surface area contributed by atoms with Gasteiger partial charge in [-0.05, 0) is 63.2 Å². The Bertz CT molecular complexity index is 879.